The number of sulfonamides is 1. The predicted octanol–water partition coefficient (Wildman–Crippen LogP) is 2.81. The summed E-state index contributed by atoms with van der Waals surface area (Å²) in [6.07, 6.45) is 1.35. The highest BCUT2D eigenvalue weighted by atomic mass is 32.2. The average molecular weight is 459 g/mol. The molecule has 2 atom stereocenters. The summed E-state index contributed by atoms with van der Waals surface area (Å²) < 4.78 is 34.3. The summed E-state index contributed by atoms with van der Waals surface area (Å²) in [5, 5.41) is 3.50. The van der Waals surface area contributed by atoms with Crippen molar-refractivity contribution < 1.29 is 17.9 Å². The molecule has 2 aromatic carbocycles. The lowest BCUT2D eigenvalue weighted by Crippen LogP contribution is -2.54. The molecule has 2 aliphatic heterocycles. The molecule has 0 bridgehead atoms. The molecule has 2 unspecified atom stereocenters. The van der Waals surface area contributed by atoms with E-state index in [4.69, 9.17) is 4.74 Å². The zero-order valence-corrected chi connectivity index (χ0v) is 19.5. The van der Waals surface area contributed by atoms with Crippen LogP contribution in [0.3, 0.4) is 0 Å². The van der Waals surface area contributed by atoms with Crippen molar-refractivity contribution in [1.82, 2.24) is 5.32 Å². The molecule has 0 radical (unpaired) electrons. The number of piperazine rings is 1. The van der Waals surface area contributed by atoms with Gasteiger partial charge < -0.3 is 19.9 Å². The second-order valence-electron chi connectivity index (χ2n) is 8.51. The largest absolute Gasteiger partial charge is 0.495 e. The number of benzene rings is 2. The van der Waals surface area contributed by atoms with E-state index in [9.17, 15) is 13.2 Å². The van der Waals surface area contributed by atoms with E-state index in [2.05, 4.69) is 28.8 Å². The number of hydrogen-bond acceptors (Lipinski definition) is 6. The third kappa shape index (κ3) is 4.68. The molecule has 8 nitrogen and oxygen atoms in total. The topological polar surface area (TPSA) is 91.0 Å². The third-order valence-corrected chi connectivity index (χ3v) is 7.26. The van der Waals surface area contributed by atoms with Crippen molar-refractivity contribution in [1.29, 1.82) is 0 Å². The standard InChI is InChI=1S/C23H30N4O4S/c1-16-14-26(15-17(2)24-16)19-8-11-22(31-3)21(13-19)25-32(29,30)20-9-6-18(7-10-20)27-12-4-5-23(27)28/h6-11,13,16-17,24-25H,4-5,12,14-15H2,1-3H3. The number of nitrogens with zero attached hydrogens (tertiary/aromatic N) is 2. The first kappa shape index (κ1) is 22.4. The van der Waals surface area contributed by atoms with Gasteiger partial charge in [-0.3, -0.25) is 9.52 Å². The second-order valence-corrected chi connectivity index (χ2v) is 10.2. The first-order chi connectivity index (χ1) is 15.3. The van der Waals surface area contributed by atoms with Gasteiger partial charge in [-0.1, -0.05) is 0 Å². The van der Waals surface area contributed by atoms with Crippen molar-refractivity contribution in [2.75, 3.05) is 41.3 Å². The minimum Gasteiger partial charge on any atom is -0.495 e. The lowest BCUT2D eigenvalue weighted by atomic mass is 10.1. The smallest absolute Gasteiger partial charge is 0.262 e. The Balaban J connectivity index is 1.57. The zero-order chi connectivity index (χ0) is 22.9. The molecular weight excluding hydrogens is 428 g/mol. The number of carbonyl (C=O) groups is 1. The number of amides is 1. The predicted molar refractivity (Wildman–Crippen MR) is 126 cm³/mol. The molecule has 4 rings (SSSR count). The van der Waals surface area contributed by atoms with E-state index < -0.39 is 10.0 Å². The highest BCUT2D eigenvalue weighted by Crippen LogP contribution is 2.32. The van der Waals surface area contributed by atoms with Crippen LogP contribution < -0.4 is 24.6 Å². The van der Waals surface area contributed by atoms with Gasteiger partial charge in [0.15, 0.2) is 0 Å². The maximum Gasteiger partial charge on any atom is 0.262 e. The quantitative estimate of drug-likeness (QED) is 0.692. The molecule has 0 saturated carbocycles. The van der Waals surface area contributed by atoms with Crippen molar-refractivity contribution in [3.05, 3.63) is 42.5 Å². The van der Waals surface area contributed by atoms with Crippen LogP contribution in [0.15, 0.2) is 47.4 Å². The normalized spacial score (nSPS) is 21.7. The van der Waals surface area contributed by atoms with Crippen molar-refractivity contribution in [2.24, 2.45) is 0 Å². The summed E-state index contributed by atoms with van der Waals surface area (Å²) >= 11 is 0. The van der Waals surface area contributed by atoms with Crippen LogP contribution in [0.25, 0.3) is 0 Å². The highest BCUT2D eigenvalue weighted by Gasteiger charge is 2.24. The van der Waals surface area contributed by atoms with E-state index in [0.717, 1.165) is 25.2 Å². The summed E-state index contributed by atoms with van der Waals surface area (Å²) in [5.74, 6) is 0.518. The van der Waals surface area contributed by atoms with Crippen LogP contribution in [0.5, 0.6) is 5.75 Å². The molecule has 2 N–H and O–H groups in total. The molecule has 2 aliphatic rings. The van der Waals surface area contributed by atoms with Crippen LogP contribution >= 0.6 is 0 Å². The fourth-order valence-electron chi connectivity index (χ4n) is 4.44. The maximum atomic E-state index is 13.1. The lowest BCUT2D eigenvalue weighted by Gasteiger charge is -2.38. The summed E-state index contributed by atoms with van der Waals surface area (Å²) in [6.45, 7) is 6.60. The van der Waals surface area contributed by atoms with Gasteiger partial charge in [-0.15, -0.1) is 0 Å². The van der Waals surface area contributed by atoms with E-state index in [1.807, 2.05) is 12.1 Å². The Kier molecular flexibility index (Phi) is 6.30. The Morgan fingerprint density at radius 1 is 1.03 bits per heavy atom. The Hall–Kier alpha value is -2.78. The lowest BCUT2D eigenvalue weighted by molar-refractivity contribution is -0.117. The van der Waals surface area contributed by atoms with Gasteiger partial charge in [-0.2, -0.15) is 0 Å². The fourth-order valence-corrected chi connectivity index (χ4v) is 5.50. The minimum absolute atomic E-state index is 0.0665. The number of ether oxygens (including phenoxy) is 1. The molecule has 2 saturated heterocycles. The SMILES string of the molecule is COc1ccc(N2CC(C)NC(C)C2)cc1NS(=O)(=O)c1ccc(N2CCCC2=O)cc1. The number of carbonyl (C=O) groups excluding carboxylic acids is 1. The average Bonchev–Trinajstić information content (AvgIpc) is 3.18. The monoisotopic (exact) mass is 458 g/mol. The second kappa shape index (κ2) is 8.99. The van der Waals surface area contributed by atoms with Crippen molar-refractivity contribution in [3.63, 3.8) is 0 Å². The Morgan fingerprint density at radius 2 is 1.69 bits per heavy atom. The number of hydrogen-bond donors (Lipinski definition) is 2. The van der Waals surface area contributed by atoms with Gasteiger partial charge in [0.25, 0.3) is 10.0 Å². The molecule has 2 fully saturated rings. The first-order valence-corrected chi connectivity index (χ1v) is 12.4. The molecule has 2 aromatic rings. The van der Waals surface area contributed by atoms with Gasteiger partial charge in [-0.05, 0) is 62.7 Å². The van der Waals surface area contributed by atoms with E-state index in [1.165, 1.54) is 19.2 Å². The van der Waals surface area contributed by atoms with E-state index >= 15 is 0 Å². The van der Waals surface area contributed by atoms with Crippen molar-refractivity contribution >= 4 is 33.0 Å². The van der Waals surface area contributed by atoms with Crippen LogP contribution in [-0.4, -0.2) is 53.2 Å². The van der Waals surface area contributed by atoms with Gasteiger partial charge in [0.1, 0.15) is 5.75 Å². The van der Waals surface area contributed by atoms with Crippen molar-refractivity contribution in [3.8, 4) is 5.75 Å². The van der Waals surface area contributed by atoms with Gasteiger partial charge >= 0.3 is 0 Å². The molecule has 32 heavy (non-hydrogen) atoms. The molecular formula is C23H30N4O4S. The molecule has 0 aromatic heterocycles. The fraction of sp³-hybridized carbons (Fsp3) is 0.435. The number of methoxy groups -OCH3 is 1. The summed E-state index contributed by atoms with van der Waals surface area (Å²) in [5.41, 5.74) is 2.04. The van der Waals surface area contributed by atoms with Gasteiger partial charge in [0.05, 0.1) is 17.7 Å². The molecule has 172 valence electrons. The Morgan fingerprint density at radius 3 is 2.28 bits per heavy atom. The van der Waals surface area contributed by atoms with Gasteiger partial charge in [0.2, 0.25) is 5.91 Å². The number of nitrogens with one attached hydrogen (secondary N) is 2. The Labute approximate surface area is 189 Å². The molecule has 0 spiro atoms. The first-order valence-electron chi connectivity index (χ1n) is 10.9. The van der Waals surface area contributed by atoms with E-state index in [-0.39, 0.29) is 10.8 Å². The molecule has 1 amide bonds. The third-order valence-electron chi connectivity index (χ3n) is 5.88. The summed E-state index contributed by atoms with van der Waals surface area (Å²) in [6, 6.07) is 12.6. The van der Waals surface area contributed by atoms with Gasteiger partial charge in [-0.25, -0.2) is 8.42 Å². The van der Waals surface area contributed by atoms with E-state index in [0.29, 0.717) is 42.2 Å². The number of rotatable bonds is 6. The molecule has 2 heterocycles. The summed E-state index contributed by atoms with van der Waals surface area (Å²) in [7, 11) is -2.32. The van der Waals surface area contributed by atoms with Crippen LogP contribution in [0, 0.1) is 0 Å². The molecule has 0 aliphatic carbocycles. The van der Waals surface area contributed by atoms with Gasteiger partial charge in [0, 0.05) is 49.5 Å². The Bertz CT molecular complexity index is 1080. The number of anilines is 3. The van der Waals surface area contributed by atoms with Crippen LogP contribution in [0.1, 0.15) is 26.7 Å². The van der Waals surface area contributed by atoms with E-state index in [1.54, 1.807) is 23.1 Å². The highest BCUT2D eigenvalue weighted by molar-refractivity contribution is 7.92. The maximum absolute atomic E-state index is 13.1. The minimum atomic E-state index is -3.83. The van der Waals surface area contributed by atoms with Crippen LogP contribution in [-0.2, 0) is 14.8 Å². The van der Waals surface area contributed by atoms with Crippen LogP contribution in [0.2, 0.25) is 0 Å². The van der Waals surface area contributed by atoms with Crippen molar-refractivity contribution in [2.45, 2.75) is 43.7 Å². The van der Waals surface area contributed by atoms with Crippen LogP contribution in [0.4, 0.5) is 17.1 Å². The molecule has 9 heteroatoms. The summed E-state index contributed by atoms with van der Waals surface area (Å²) in [4.78, 5) is 16.0. The zero-order valence-electron chi connectivity index (χ0n) is 18.7.